The van der Waals surface area contributed by atoms with Crippen LogP contribution < -0.4 is 10.6 Å². The maximum Gasteiger partial charge on any atom is 0.433 e. The lowest BCUT2D eigenvalue weighted by molar-refractivity contribution is -0.141. The maximum absolute atomic E-state index is 13.8. The lowest BCUT2D eigenvalue weighted by atomic mass is 9.65. The average Bonchev–Trinajstić information content (AvgIpc) is 2.90. The van der Waals surface area contributed by atoms with Crippen molar-refractivity contribution in [3.05, 3.63) is 17.5 Å². The number of anilines is 1. The molecule has 2 N–H and O–H groups in total. The van der Waals surface area contributed by atoms with Gasteiger partial charge in [0.1, 0.15) is 0 Å². The maximum atomic E-state index is 13.8. The van der Waals surface area contributed by atoms with E-state index in [1.54, 1.807) is 0 Å². The van der Waals surface area contributed by atoms with Gasteiger partial charge in [-0.25, -0.2) is 9.97 Å². The minimum absolute atomic E-state index is 0. The van der Waals surface area contributed by atoms with Gasteiger partial charge in [-0.05, 0) is 75.5 Å². The summed E-state index contributed by atoms with van der Waals surface area (Å²) in [4.78, 5) is 8.34. The number of rotatable bonds is 5. The van der Waals surface area contributed by atoms with Crippen LogP contribution in [0.1, 0.15) is 69.0 Å². The van der Waals surface area contributed by atoms with Gasteiger partial charge in [-0.3, -0.25) is 0 Å². The Labute approximate surface area is 187 Å². The number of alkyl halides is 3. The second kappa shape index (κ2) is 9.02. The van der Waals surface area contributed by atoms with Gasteiger partial charge < -0.3 is 15.4 Å². The van der Waals surface area contributed by atoms with Crippen LogP contribution in [-0.4, -0.2) is 34.8 Å². The molecule has 5 fully saturated rings. The molecule has 1 aromatic heterocycles. The van der Waals surface area contributed by atoms with Gasteiger partial charge in [0.25, 0.3) is 0 Å². The molecule has 2 heterocycles. The molecule has 4 aliphatic carbocycles. The summed E-state index contributed by atoms with van der Waals surface area (Å²) in [5, 5.41) is 6.63. The number of halogens is 4. The topological polar surface area (TPSA) is 59.1 Å². The zero-order valence-corrected chi connectivity index (χ0v) is 18.5. The summed E-state index contributed by atoms with van der Waals surface area (Å²) >= 11 is 0. The Bertz CT molecular complexity index is 758. The highest BCUT2D eigenvalue weighted by Gasteiger charge is 2.48. The third-order valence-electron chi connectivity index (χ3n) is 7.70. The van der Waals surface area contributed by atoms with E-state index in [0.29, 0.717) is 25.0 Å². The highest BCUT2D eigenvalue weighted by molar-refractivity contribution is 5.85. The van der Waals surface area contributed by atoms with E-state index in [0.717, 1.165) is 38.0 Å². The Morgan fingerprint density at radius 2 is 1.71 bits per heavy atom. The van der Waals surface area contributed by atoms with Crippen LogP contribution in [0.25, 0.3) is 0 Å². The van der Waals surface area contributed by atoms with Crippen LogP contribution in [0.3, 0.4) is 0 Å². The van der Waals surface area contributed by atoms with Crippen molar-refractivity contribution in [1.29, 1.82) is 0 Å². The van der Waals surface area contributed by atoms with Crippen molar-refractivity contribution in [3.8, 4) is 0 Å². The standard InChI is InChI=1S/C22H31F3N4O.ClH/c23-22(24,25)19-17(12-26-18-2-5-30-6-3-18)13-27-20(28-19)29-21-4-1-14-7-15(10-21)9-16(8-14)11-21;/h13-16,18,26H,1-12H2,(H,27,28,29);1H. The molecule has 1 aliphatic heterocycles. The highest BCUT2D eigenvalue weighted by Crippen LogP contribution is 2.53. The van der Waals surface area contributed by atoms with Crippen molar-refractivity contribution >= 4 is 18.4 Å². The van der Waals surface area contributed by atoms with Gasteiger partial charge in [-0.2, -0.15) is 13.2 Å². The third kappa shape index (κ3) is 5.11. The summed E-state index contributed by atoms with van der Waals surface area (Å²) in [6.45, 7) is 1.42. The van der Waals surface area contributed by atoms with Crippen LogP contribution >= 0.6 is 12.4 Å². The Hall–Kier alpha value is -1.12. The molecular formula is C22H32ClF3N4O. The van der Waals surface area contributed by atoms with Crippen LogP contribution in [0.5, 0.6) is 0 Å². The third-order valence-corrected chi connectivity index (χ3v) is 7.70. The van der Waals surface area contributed by atoms with Gasteiger partial charge in [-0.15, -0.1) is 12.4 Å². The molecule has 1 saturated heterocycles. The predicted octanol–water partition coefficient (Wildman–Crippen LogP) is 4.96. The van der Waals surface area contributed by atoms with Crippen LogP contribution in [0.2, 0.25) is 0 Å². The Morgan fingerprint density at radius 1 is 1.03 bits per heavy atom. The number of aromatic nitrogens is 2. The minimum Gasteiger partial charge on any atom is -0.381 e. The van der Waals surface area contributed by atoms with E-state index in [9.17, 15) is 13.2 Å². The number of nitrogens with zero attached hydrogens (tertiary/aromatic N) is 2. The fourth-order valence-electron chi connectivity index (χ4n) is 6.54. The quantitative estimate of drug-likeness (QED) is 0.650. The molecule has 0 radical (unpaired) electrons. The van der Waals surface area contributed by atoms with Gasteiger partial charge in [0, 0.05) is 43.1 Å². The van der Waals surface area contributed by atoms with E-state index in [1.807, 2.05) is 0 Å². The Morgan fingerprint density at radius 3 is 2.39 bits per heavy atom. The first kappa shape index (κ1) is 23.1. The molecule has 5 aliphatic rings. The van der Waals surface area contributed by atoms with Crippen molar-refractivity contribution in [3.63, 3.8) is 0 Å². The van der Waals surface area contributed by atoms with Crippen LogP contribution in [-0.2, 0) is 17.5 Å². The first-order chi connectivity index (χ1) is 14.4. The largest absolute Gasteiger partial charge is 0.433 e. The monoisotopic (exact) mass is 460 g/mol. The fraction of sp³-hybridized carbons (Fsp3) is 0.818. The SMILES string of the molecule is Cl.FC(F)(F)c1nc(NC23CCC4CC(CC(C4)C2)C3)ncc1CNC1CCOCC1. The smallest absolute Gasteiger partial charge is 0.381 e. The molecule has 2 unspecified atom stereocenters. The van der Waals surface area contributed by atoms with Gasteiger partial charge in [0.2, 0.25) is 5.95 Å². The second-order valence-electron chi connectivity index (χ2n) is 9.99. The molecule has 5 nitrogen and oxygen atoms in total. The van der Waals surface area contributed by atoms with E-state index < -0.39 is 11.9 Å². The molecule has 0 amide bonds. The molecule has 4 bridgehead atoms. The molecule has 6 rings (SSSR count). The summed E-state index contributed by atoms with van der Waals surface area (Å²) in [6.07, 6.45) is 6.60. The number of nitrogens with one attached hydrogen (secondary N) is 2. The van der Waals surface area contributed by atoms with Gasteiger partial charge in [-0.1, -0.05) is 0 Å². The molecular weight excluding hydrogens is 429 g/mol. The van der Waals surface area contributed by atoms with E-state index in [4.69, 9.17) is 4.74 Å². The summed E-state index contributed by atoms with van der Waals surface area (Å²) in [5.74, 6) is 2.33. The first-order valence-corrected chi connectivity index (χ1v) is 11.4. The fourth-order valence-corrected chi connectivity index (χ4v) is 6.54. The van der Waals surface area contributed by atoms with Crippen LogP contribution in [0.4, 0.5) is 19.1 Å². The Kier molecular flexibility index (Phi) is 6.71. The average molecular weight is 461 g/mol. The molecule has 1 aromatic rings. The summed E-state index contributed by atoms with van der Waals surface area (Å²) in [5.41, 5.74) is -0.841. The number of hydrogen-bond acceptors (Lipinski definition) is 5. The molecule has 31 heavy (non-hydrogen) atoms. The molecule has 2 atom stereocenters. The summed E-state index contributed by atoms with van der Waals surface area (Å²) in [7, 11) is 0. The van der Waals surface area contributed by atoms with Crippen molar-refractivity contribution in [2.45, 2.75) is 82.1 Å². The Balaban J connectivity index is 0.00000231. The normalized spacial score (nSPS) is 33.1. The summed E-state index contributed by atoms with van der Waals surface area (Å²) in [6, 6.07) is 0.174. The second-order valence-corrected chi connectivity index (χ2v) is 9.99. The lowest BCUT2D eigenvalue weighted by Gasteiger charge is -2.45. The zero-order chi connectivity index (χ0) is 20.8. The van der Waals surface area contributed by atoms with Crippen molar-refractivity contribution in [2.24, 2.45) is 17.8 Å². The first-order valence-electron chi connectivity index (χ1n) is 11.4. The lowest BCUT2D eigenvalue weighted by Crippen LogP contribution is -2.45. The van der Waals surface area contributed by atoms with Gasteiger partial charge in [0.05, 0.1) is 0 Å². The van der Waals surface area contributed by atoms with E-state index in [-0.39, 0.29) is 42.0 Å². The van der Waals surface area contributed by atoms with E-state index in [1.165, 1.54) is 31.9 Å². The van der Waals surface area contributed by atoms with Crippen molar-refractivity contribution in [2.75, 3.05) is 18.5 Å². The highest BCUT2D eigenvalue weighted by atomic mass is 35.5. The molecule has 0 spiro atoms. The molecule has 0 aromatic carbocycles. The van der Waals surface area contributed by atoms with E-state index in [2.05, 4.69) is 20.6 Å². The minimum atomic E-state index is -4.50. The summed E-state index contributed by atoms with van der Waals surface area (Å²) < 4.78 is 46.7. The van der Waals surface area contributed by atoms with Crippen molar-refractivity contribution < 1.29 is 17.9 Å². The zero-order valence-electron chi connectivity index (χ0n) is 17.7. The number of ether oxygens (including phenoxy) is 1. The molecule has 4 saturated carbocycles. The number of hydrogen-bond donors (Lipinski definition) is 2. The predicted molar refractivity (Wildman–Crippen MR) is 114 cm³/mol. The van der Waals surface area contributed by atoms with Crippen molar-refractivity contribution in [1.82, 2.24) is 15.3 Å². The van der Waals surface area contributed by atoms with E-state index >= 15 is 0 Å². The molecule has 174 valence electrons. The van der Waals surface area contributed by atoms with Gasteiger partial charge in [0.15, 0.2) is 5.69 Å². The van der Waals surface area contributed by atoms with Gasteiger partial charge >= 0.3 is 6.18 Å². The molecule has 9 heteroatoms. The number of fused-ring (bicyclic) bond motifs is 1. The van der Waals surface area contributed by atoms with Crippen LogP contribution in [0, 0.1) is 17.8 Å². The van der Waals surface area contributed by atoms with Crippen LogP contribution in [0.15, 0.2) is 6.20 Å².